The summed E-state index contributed by atoms with van der Waals surface area (Å²) >= 11 is 1.42. The normalized spacial score (nSPS) is 12.3. The molecule has 0 fully saturated rings. The Morgan fingerprint density at radius 3 is 2.67 bits per heavy atom. The molecule has 94 valence electrons. The monoisotopic (exact) mass is 278 g/mol. The Labute approximate surface area is 113 Å². The molecule has 2 rings (SSSR count). The lowest BCUT2D eigenvalue weighted by Crippen LogP contribution is -2.11. The molecule has 2 nitrogen and oxygen atoms in total. The van der Waals surface area contributed by atoms with E-state index in [0.29, 0.717) is 5.56 Å². The second kappa shape index (κ2) is 5.59. The molecule has 2 aromatic rings. The Morgan fingerprint density at radius 1 is 1.28 bits per heavy atom. The summed E-state index contributed by atoms with van der Waals surface area (Å²) < 4.78 is 12.7. The van der Waals surface area contributed by atoms with Crippen molar-refractivity contribution in [1.82, 2.24) is 0 Å². The molecule has 4 heteroatoms. The van der Waals surface area contributed by atoms with E-state index in [-0.39, 0.29) is 11.5 Å². The smallest absolute Gasteiger partial charge is 0.175 e. The van der Waals surface area contributed by atoms with Gasteiger partial charge < -0.3 is 0 Å². The van der Waals surface area contributed by atoms with Crippen molar-refractivity contribution < 1.29 is 9.00 Å². The lowest BCUT2D eigenvalue weighted by atomic mass is 10.0. The number of rotatable bonds is 4. The summed E-state index contributed by atoms with van der Waals surface area (Å²) in [5, 5.41) is 1.87. The van der Waals surface area contributed by atoms with Gasteiger partial charge in [-0.2, -0.15) is 0 Å². The molecule has 0 aliphatic carbocycles. The van der Waals surface area contributed by atoms with E-state index >= 15 is 0 Å². The SMILES string of the molecule is Cc1ccc(C(=O)CS(=O)c2cccs2)c(C)c1. The fourth-order valence-electron chi connectivity index (χ4n) is 1.79. The molecule has 1 aromatic carbocycles. The maximum Gasteiger partial charge on any atom is 0.175 e. The number of thiophene rings is 1. The van der Waals surface area contributed by atoms with E-state index in [4.69, 9.17) is 0 Å². The lowest BCUT2D eigenvalue weighted by molar-refractivity contribution is 0.102. The summed E-state index contributed by atoms with van der Waals surface area (Å²) in [6.07, 6.45) is 0. The van der Waals surface area contributed by atoms with Crippen LogP contribution in [0.5, 0.6) is 0 Å². The van der Waals surface area contributed by atoms with Crippen LogP contribution in [0.4, 0.5) is 0 Å². The zero-order valence-electron chi connectivity index (χ0n) is 10.3. The first-order valence-electron chi connectivity index (χ1n) is 5.60. The van der Waals surface area contributed by atoms with E-state index in [2.05, 4.69) is 0 Å². The van der Waals surface area contributed by atoms with E-state index in [0.717, 1.165) is 15.3 Å². The van der Waals surface area contributed by atoms with E-state index < -0.39 is 10.8 Å². The molecule has 0 radical (unpaired) electrons. The molecule has 1 atom stereocenters. The molecule has 1 unspecified atom stereocenters. The van der Waals surface area contributed by atoms with Gasteiger partial charge in [0, 0.05) is 5.56 Å². The van der Waals surface area contributed by atoms with Crippen molar-refractivity contribution in [3.05, 3.63) is 52.4 Å². The maximum atomic E-state index is 12.1. The van der Waals surface area contributed by atoms with Crippen LogP contribution in [0.3, 0.4) is 0 Å². The summed E-state index contributed by atoms with van der Waals surface area (Å²) in [6, 6.07) is 9.35. The van der Waals surface area contributed by atoms with Crippen LogP contribution in [0.25, 0.3) is 0 Å². The van der Waals surface area contributed by atoms with E-state index in [1.807, 2.05) is 43.5 Å². The molecule has 1 heterocycles. The zero-order chi connectivity index (χ0) is 13.1. The zero-order valence-corrected chi connectivity index (χ0v) is 11.9. The number of carbonyl (C=O) groups is 1. The third-order valence-electron chi connectivity index (χ3n) is 2.66. The highest BCUT2D eigenvalue weighted by Gasteiger charge is 2.14. The average Bonchev–Trinajstić information content (AvgIpc) is 2.81. The van der Waals surface area contributed by atoms with Gasteiger partial charge in [0.2, 0.25) is 0 Å². The van der Waals surface area contributed by atoms with Gasteiger partial charge in [-0.15, -0.1) is 11.3 Å². The van der Waals surface area contributed by atoms with Crippen LogP contribution in [-0.2, 0) is 10.8 Å². The number of Topliss-reactive ketones (excluding diaryl/α,β-unsaturated/α-hetero) is 1. The highest BCUT2D eigenvalue weighted by molar-refractivity contribution is 7.88. The average molecular weight is 278 g/mol. The van der Waals surface area contributed by atoms with Crippen molar-refractivity contribution in [3.8, 4) is 0 Å². The van der Waals surface area contributed by atoms with Crippen LogP contribution in [0.1, 0.15) is 21.5 Å². The summed E-state index contributed by atoms with van der Waals surface area (Å²) in [5.74, 6) is 0.00367. The molecule has 1 aromatic heterocycles. The van der Waals surface area contributed by atoms with Gasteiger partial charge in [-0.1, -0.05) is 29.8 Å². The Bertz CT molecular complexity index is 586. The fraction of sp³-hybridized carbons (Fsp3) is 0.214. The Balaban J connectivity index is 2.15. The molecular weight excluding hydrogens is 264 g/mol. The van der Waals surface area contributed by atoms with Crippen molar-refractivity contribution >= 4 is 27.9 Å². The molecule has 0 bridgehead atoms. The van der Waals surface area contributed by atoms with E-state index in [9.17, 15) is 9.00 Å². The minimum absolute atomic E-state index is 0.0563. The minimum Gasteiger partial charge on any atom is -0.293 e. The highest BCUT2D eigenvalue weighted by Crippen LogP contribution is 2.17. The molecule has 0 spiro atoms. The summed E-state index contributed by atoms with van der Waals surface area (Å²) in [4.78, 5) is 12.1. The first kappa shape index (κ1) is 13.2. The molecule has 18 heavy (non-hydrogen) atoms. The van der Waals surface area contributed by atoms with Gasteiger partial charge in [-0.05, 0) is 30.9 Å². The standard InChI is InChI=1S/C14H14O2S2/c1-10-5-6-12(11(2)8-10)13(15)9-18(16)14-4-3-7-17-14/h3-8H,9H2,1-2H3. The molecule has 0 N–H and O–H groups in total. The van der Waals surface area contributed by atoms with Gasteiger partial charge in [0.05, 0.1) is 20.8 Å². The first-order chi connectivity index (χ1) is 8.58. The Kier molecular flexibility index (Phi) is 4.09. The number of aryl methyl sites for hydroxylation is 2. The van der Waals surface area contributed by atoms with E-state index in [1.165, 1.54) is 11.3 Å². The number of hydrogen-bond donors (Lipinski definition) is 0. The number of hydrogen-bond acceptors (Lipinski definition) is 3. The van der Waals surface area contributed by atoms with Crippen LogP contribution in [0.2, 0.25) is 0 Å². The fourth-order valence-corrected chi connectivity index (χ4v) is 3.77. The van der Waals surface area contributed by atoms with Crippen molar-refractivity contribution in [2.75, 3.05) is 5.75 Å². The maximum absolute atomic E-state index is 12.1. The Morgan fingerprint density at radius 2 is 2.06 bits per heavy atom. The van der Waals surface area contributed by atoms with Gasteiger partial charge in [0.25, 0.3) is 0 Å². The molecule has 0 saturated heterocycles. The van der Waals surface area contributed by atoms with Crippen molar-refractivity contribution in [2.45, 2.75) is 18.1 Å². The predicted molar refractivity (Wildman–Crippen MR) is 75.8 cm³/mol. The highest BCUT2D eigenvalue weighted by atomic mass is 32.2. The topological polar surface area (TPSA) is 34.1 Å². The number of carbonyl (C=O) groups excluding carboxylic acids is 1. The van der Waals surface area contributed by atoms with Gasteiger partial charge in [-0.3, -0.25) is 9.00 Å². The lowest BCUT2D eigenvalue weighted by Gasteiger charge is -2.05. The number of benzene rings is 1. The molecule has 0 aliphatic heterocycles. The van der Waals surface area contributed by atoms with Gasteiger partial charge in [0.1, 0.15) is 0 Å². The van der Waals surface area contributed by atoms with Crippen LogP contribution < -0.4 is 0 Å². The summed E-state index contributed by atoms with van der Waals surface area (Å²) in [5.41, 5.74) is 2.75. The largest absolute Gasteiger partial charge is 0.293 e. The van der Waals surface area contributed by atoms with Gasteiger partial charge in [0.15, 0.2) is 5.78 Å². The Hall–Kier alpha value is -1.26. The first-order valence-corrected chi connectivity index (χ1v) is 7.80. The minimum atomic E-state index is -1.23. The van der Waals surface area contributed by atoms with Crippen LogP contribution in [0, 0.1) is 13.8 Å². The molecular formula is C14H14O2S2. The van der Waals surface area contributed by atoms with Crippen LogP contribution in [-0.4, -0.2) is 15.7 Å². The van der Waals surface area contributed by atoms with Crippen molar-refractivity contribution in [2.24, 2.45) is 0 Å². The molecule has 0 aliphatic rings. The third-order valence-corrected chi connectivity index (χ3v) is 5.28. The summed E-state index contributed by atoms with van der Waals surface area (Å²) in [7, 11) is -1.23. The van der Waals surface area contributed by atoms with E-state index in [1.54, 1.807) is 6.07 Å². The number of ketones is 1. The van der Waals surface area contributed by atoms with Crippen LogP contribution >= 0.6 is 11.3 Å². The van der Waals surface area contributed by atoms with Crippen molar-refractivity contribution in [3.63, 3.8) is 0 Å². The molecule has 0 saturated carbocycles. The second-order valence-electron chi connectivity index (χ2n) is 4.16. The van der Waals surface area contributed by atoms with Gasteiger partial charge >= 0.3 is 0 Å². The predicted octanol–water partition coefficient (Wildman–Crippen LogP) is 3.36. The van der Waals surface area contributed by atoms with Crippen LogP contribution in [0.15, 0.2) is 39.9 Å². The van der Waals surface area contributed by atoms with Gasteiger partial charge in [-0.25, -0.2) is 0 Å². The second-order valence-corrected chi connectivity index (χ2v) is 6.79. The third kappa shape index (κ3) is 2.94. The van der Waals surface area contributed by atoms with Crippen molar-refractivity contribution in [1.29, 1.82) is 0 Å². The molecule has 0 amide bonds. The quantitative estimate of drug-likeness (QED) is 0.804. The summed E-state index contributed by atoms with van der Waals surface area (Å²) in [6.45, 7) is 3.90.